The zero-order chi connectivity index (χ0) is 18.7. The summed E-state index contributed by atoms with van der Waals surface area (Å²) in [5.74, 6) is -0.808. The highest BCUT2D eigenvalue weighted by atomic mass is 35.5. The van der Waals surface area contributed by atoms with Gasteiger partial charge in [0.15, 0.2) is 0 Å². The van der Waals surface area contributed by atoms with E-state index >= 15 is 0 Å². The van der Waals surface area contributed by atoms with Gasteiger partial charge in [0.1, 0.15) is 12.0 Å². The molecule has 8 heteroatoms. The summed E-state index contributed by atoms with van der Waals surface area (Å²) in [6.07, 6.45) is 2.56. The molecule has 2 amide bonds. The normalized spacial score (nSPS) is 17.0. The average Bonchev–Trinajstić information content (AvgIpc) is 2.67. The van der Waals surface area contributed by atoms with Crippen LogP contribution in [0.25, 0.3) is 11.3 Å². The fourth-order valence-electron chi connectivity index (χ4n) is 2.86. The Morgan fingerprint density at radius 3 is 2.85 bits per heavy atom. The number of aromatic nitrogens is 2. The molecule has 1 atom stereocenters. The van der Waals surface area contributed by atoms with E-state index in [1.54, 1.807) is 17.0 Å². The van der Waals surface area contributed by atoms with Gasteiger partial charge in [-0.25, -0.2) is 9.97 Å². The molecule has 1 fully saturated rings. The predicted octanol–water partition coefficient (Wildman–Crippen LogP) is 1.98. The highest BCUT2D eigenvalue weighted by Gasteiger charge is 2.28. The van der Waals surface area contributed by atoms with E-state index in [9.17, 15) is 9.59 Å². The van der Waals surface area contributed by atoms with Gasteiger partial charge in [-0.1, -0.05) is 18.2 Å². The Balaban J connectivity index is 2.02. The van der Waals surface area contributed by atoms with E-state index in [1.165, 1.54) is 18.5 Å². The van der Waals surface area contributed by atoms with Crippen LogP contribution in [0.1, 0.15) is 22.1 Å². The van der Waals surface area contributed by atoms with Gasteiger partial charge in [-0.05, 0) is 35.9 Å². The lowest BCUT2D eigenvalue weighted by Gasteiger charge is -2.35. The molecule has 7 nitrogen and oxygen atoms in total. The van der Waals surface area contributed by atoms with Crippen LogP contribution in [0.2, 0.25) is 5.02 Å². The second-order valence-corrected chi connectivity index (χ2v) is 6.19. The van der Waals surface area contributed by atoms with Crippen molar-refractivity contribution >= 4 is 23.4 Å². The summed E-state index contributed by atoms with van der Waals surface area (Å²) in [4.78, 5) is 33.2. The number of hydrogen-bond acceptors (Lipinski definition) is 5. The first kappa shape index (κ1) is 18.0. The number of primary amides is 1. The monoisotopic (exact) mass is 372 g/mol. The first-order valence-corrected chi connectivity index (χ1v) is 8.31. The number of rotatable bonds is 4. The van der Waals surface area contributed by atoms with Crippen LogP contribution < -0.4 is 5.73 Å². The molecule has 1 saturated heterocycles. The van der Waals surface area contributed by atoms with Gasteiger partial charge in [0.25, 0.3) is 5.91 Å². The van der Waals surface area contributed by atoms with Gasteiger partial charge in [0.2, 0.25) is 5.91 Å². The van der Waals surface area contributed by atoms with Crippen molar-refractivity contribution in [3.8, 4) is 11.3 Å². The quantitative estimate of drug-likeness (QED) is 0.827. The number of ether oxygens (including phenoxy) is 1. The number of nitrogens with zero attached hydrogens (tertiary/aromatic N) is 3. The number of hydrogen-bond donors (Lipinski definition) is 1. The smallest absolute Gasteiger partial charge is 0.267 e. The van der Waals surface area contributed by atoms with E-state index in [0.29, 0.717) is 36.0 Å². The van der Waals surface area contributed by atoms with Crippen LogP contribution in [0.15, 0.2) is 43.2 Å². The molecule has 0 aliphatic carbocycles. The first-order chi connectivity index (χ1) is 12.5. The summed E-state index contributed by atoms with van der Waals surface area (Å²) in [5.41, 5.74) is 7.40. The van der Waals surface area contributed by atoms with Gasteiger partial charge in [-0.3, -0.25) is 9.59 Å². The molecule has 0 unspecified atom stereocenters. The minimum atomic E-state index is -0.640. The van der Waals surface area contributed by atoms with Crippen molar-refractivity contribution in [3.05, 3.63) is 59.5 Å². The maximum atomic E-state index is 12.2. The van der Waals surface area contributed by atoms with Crippen molar-refractivity contribution in [3.63, 3.8) is 0 Å². The molecular formula is C18H17ClN4O3. The number of nitrogens with two attached hydrogens (primary N) is 1. The molecule has 0 bridgehead atoms. The van der Waals surface area contributed by atoms with Gasteiger partial charge in [0, 0.05) is 17.1 Å². The lowest BCUT2D eigenvalue weighted by atomic mass is 10.00. The summed E-state index contributed by atoms with van der Waals surface area (Å²) in [6, 6.07) is 6.58. The van der Waals surface area contributed by atoms with E-state index in [4.69, 9.17) is 22.1 Å². The van der Waals surface area contributed by atoms with Crippen LogP contribution in [0.5, 0.6) is 0 Å². The van der Waals surface area contributed by atoms with Gasteiger partial charge in [-0.15, -0.1) is 0 Å². The largest absolute Gasteiger partial charge is 0.377 e. The van der Waals surface area contributed by atoms with Crippen molar-refractivity contribution in [2.45, 2.75) is 6.04 Å². The molecule has 26 heavy (non-hydrogen) atoms. The second kappa shape index (κ2) is 7.63. The van der Waals surface area contributed by atoms with Crippen LogP contribution in [0.3, 0.4) is 0 Å². The standard InChI is InChI=1S/C18H17ClN4O3/c1-2-17(24)23-3-4-26-9-16(23)12-5-11(6-13(19)7-12)14-8-15(18(20)25)22-10-21-14/h2,5-8,10,16H,1,3-4,9H2,(H2,20,25)/t16-/m0/s1. The van der Waals surface area contributed by atoms with Gasteiger partial charge in [0.05, 0.1) is 24.9 Å². The Bertz CT molecular complexity index is 871. The SMILES string of the molecule is C=CC(=O)N1CCOC[C@H]1c1cc(Cl)cc(-c2cc(C(N)=O)ncn2)c1. The zero-order valence-electron chi connectivity index (χ0n) is 13.9. The Morgan fingerprint density at radius 1 is 1.31 bits per heavy atom. The molecule has 1 aromatic carbocycles. The highest BCUT2D eigenvalue weighted by molar-refractivity contribution is 6.31. The van der Waals surface area contributed by atoms with Gasteiger partial charge < -0.3 is 15.4 Å². The number of carbonyl (C=O) groups excluding carboxylic acids is 2. The number of benzene rings is 1. The number of morpholine rings is 1. The maximum Gasteiger partial charge on any atom is 0.267 e. The molecule has 0 spiro atoms. The third kappa shape index (κ3) is 3.74. The Hall–Kier alpha value is -2.77. The second-order valence-electron chi connectivity index (χ2n) is 5.75. The fourth-order valence-corrected chi connectivity index (χ4v) is 3.11. The summed E-state index contributed by atoms with van der Waals surface area (Å²) in [5, 5.41) is 0.480. The van der Waals surface area contributed by atoms with Gasteiger partial charge >= 0.3 is 0 Å². The number of carbonyl (C=O) groups is 2. The summed E-state index contributed by atoms with van der Waals surface area (Å²) < 4.78 is 5.54. The molecule has 3 rings (SSSR count). The van der Waals surface area contributed by atoms with E-state index in [0.717, 1.165) is 5.56 Å². The molecular weight excluding hydrogens is 356 g/mol. The van der Waals surface area contributed by atoms with Crippen LogP contribution in [-0.2, 0) is 9.53 Å². The molecule has 2 N–H and O–H groups in total. The Labute approximate surface area is 155 Å². The van der Waals surface area contributed by atoms with Crippen molar-refractivity contribution in [2.24, 2.45) is 5.73 Å². The number of amides is 2. The van der Waals surface area contributed by atoms with Crippen molar-refractivity contribution in [2.75, 3.05) is 19.8 Å². The molecule has 1 aliphatic rings. The van der Waals surface area contributed by atoms with Crippen molar-refractivity contribution < 1.29 is 14.3 Å². The molecule has 134 valence electrons. The van der Waals surface area contributed by atoms with Crippen molar-refractivity contribution in [1.29, 1.82) is 0 Å². The third-order valence-electron chi connectivity index (χ3n) is 4.11. The van der Waals surface area contributed by atoms with E-state index in [-0.39, 0.29) is 17.6 Å². The molecule has 2 aromatic rings. The van der Waals surface area contributed by atoms with E-state index in [2.05, 4.69) is 16.5 Å². The average molecular weight is 373 g/mol. The predicted molar refractivity (Wildman–Crippen MR) is 96.5 cm³/mol. The lowest BCUT2D eigenvalue weighted by Crippen LogP contribution is -2.42. The molecule has 1 aromatic heterocycles. The number of halogens is 1. The molecule has 0 radical (unpaired) electrons. The zero-order valence-corrected chi connectivity index (χ0v) is 14.6. The topological polar surface area (TPSA) is 98.4 Å². The van der Waals surface area contributed by atoms with Crippen molar-refractivity contribution in [1.82, 2.24) is 14.9 Å². The molecule has 2 heterocycles. The first-order valence-electron chi connectivity index (χ1n) is 7.93. The maximum absolute atomic E-state index is 12.2. The highest BCUT2D eigenvalue weighted by Crippen LogP contribution is 2.31. The van der Waals surface area contributed by atoms with Crippen LogP contribution in [-0.4, -0.2) is 46.4 Å². The summed E-state index contributed by atoms with van der Waals surface area (Å²) in [7, 11) is 0. The Morgan fingerprint density at radius 2 is 2.12 bits per heavy atom. The Kier molecular flexibility index (Phi) is 5.29. The van der Waals surface area contributed by atoms with E-state index in [1.807, 2.05) is 6.07 Å². The minimum absolute atomic E-state index is 0.112. The van der Waals surface area contributed by atoms with Crippen LogP contribution in [0.4, 0.5) is 0 Å². The molecule has 1 aliphatic heterocycles. The van der Waals surface area contributed by atoms with E-state index < -0.39 is 5.91 Å². The third-order valence-corrected chi connectivity index (χ3v) is 4.32. The van der Waals surface area contributed by atoms with Crippen LogP contribution >= 0.6 is 11.6 Å². The van der Waals surface area contributed by atoms with Crippen LogP contribution in [0, 0.1) is 0 Å². The summed E-state index contributed by atoms with van der Waals surface area (Å²) in [6.45, 7) is 4.85. The fraction of sp³-hybridized carbons (Fsp3) is 0.222. The minimum Gasteiger partial charge on any atom is -0.377 e. The van der Waals surface area contributed by atoms with Gasteiger partial charge in [-0.2, -0.15) is 0 Å². The lowest BCUT2D eigenvalue weighted by molar-refractivity contribution is -0.134. The summed E-state index contributed by atoms with van der Waals surface area (Å²) >= 11 is 6.28. The molecule has 0 saturated carbocycles.